The zero-order chi connectivity index (χ0) is 13.5. The van der Waals surface area contributed by atoms with Gasteiger partial charge in [-0.25, -0.2) is 0 Å². The van der Waals surface area contributed by atoms with Crippen LogP contribution in [0.25, 0.3) is 0 Å². The van der Waals surface area contributed by atoms with Gasteiger partial charge in [-0.15, -0.1) is 0 Å². The van der Waals surface area contributed by atoms with Crippen molar-refractivity contribution in [2.24, 2.45) is 0 Å². The number of halogens is 2. The van der Waals surface area contributed by atoms with Crippen LogP contribution < -0.4 is 5.32 Å². The van der Waals surface area contributed by atoms with Gasteiger partial charge in [0.1, 0.15) is 0 Å². The molecule has 0 saturated heterocycles. The molecule has 0 aliphatic rings. The molecule has 1 amide bonds. The van der Waals surface area contributed by atoms with E-state index < -0.39 is 6.10 Å². The Kier molecular flexibility index (Phi) is 6.68. The molecule has 2 N–H and O–H groups in total. The molecule has 0 aliphatic heterocycles. The molecule has 0 aromatic heterocycles. The fraction of sp³-hybridized carbons (Fsp3) is 0.462. The van der Waals surface area contributed by atoms with E-state index in [0.717, 1.165) is 16.5 Å². The molecule has 1 rings (SSSR count). The third-order valence-electron chi connectivity index (χ3n) is 2.52. The van der Waals surface area contributed by atoms with Crippen LogP contribution in [0.3, 0.4) is 0 Å². The summed E-state index contributed by atoms with van der Waals surface area (Å²) in [7, 11) is 0. The highest BCUT2D eigenvalue weighted by molar-refractivity contribution is 9.10. The number of aliphatic hydroxyl groups is 1. The number of rotatable bonds is 6. The van der Waals surface area contributed by atoms with Gasteiger partial charge in [-0.05, 0) is 24.1 Å². The number of nitrogens with one attached hydrogen (secondary N) is 1. The quantitative estimate of drug-likeness (QED) is 0.840. The maximum absolute atomic E-state index is 11.7. The first kappa shape index (κ1) is 15.5. The van der Waals surface area contributed by atoms with Crippen LogP contribution >= 0.6 is 27.5 Å². The first-order valence-electron chi connectivity index (χ1n) is 5.91. The van der Waals surface area contributed by atoms with E-state index in [1.165, 1.54) is 0 Å². The Morgan fingerprint density at radius 1 is 1.56 bits per heavy atom. The first-order valence-corrected chi connectivity index (χ1v) is 7.08. The second kappa shape index (κ2) is 7.77. The van der Waals surface area contributed by atoms with Gasteiger partial charge in [-0.1, -0.05) is 46.9 Å². The SMILES string of the molecule is CCCC(O)CNC(=O)Cc1ccc(Cl)cc1Br. The molecule has 0 fully saturated rings. The number of carbonyl (C=O) groups is 1. The number of amides is 1. The molecule has 3 nitrogen and oxygen atoms in total. The largest absolute Gasteiger partial charge is 0.391 e. The van der Waals surface area contributed by atoms with E-state index in [0.29, 0.717) is 18.0 Å². The fourth-order valence-corrected chi connectivity index (χ4v) is 2.39. The maximum Gasteiger partial charge on any atom is 0.224 e. The fourth-order valence-electron chi connectivity index (χ4n) is 1.57. The predicted octanol–water partition coefficient (Wildman–Crippen LogP) is 2.92. The molecule has 0 spiro atoms. The molecule has 0 radical (unpaired) electrons. The van der Waals surface area contributed by atoms with Crippen LogP contribution in [-0.4, -0.2) is 23.7 Å². The molecule has 0 bridgehead atoms. The van der Waals surface area contributed by atoms with Crippen LogP contribution in [-0.2, 0) is 11.2 Å². The number of hydrogen-bond donors (Lipinski definition) is 2. The Morgan fingerprint density at radius 2 is 2.28 bits per heavy atom. The van der Waals surface area contributed by atoms with E-state index >= 15 is 0 Å². The second-order valence-electron chi connectivity index (χ2n) is 4.16. The molecule has 100 valence electrons. The minimum Gasteiger partial charge on any atom is -0.391 e. The van der Waals surface area contributed by atoms with E-state index in [1.54, 1.807) is 12.1 Å². The Balaban J connectivity index is 2.44. The highest BCUT2D eigenvalue weighted by Crippen LogP contribution is 2.21. The highest BCUT2D eigenvalue weighted by atomic mass is 79.9. The molecule has 1 atom stereocenters. The van der Waals surface area contributed by atoms with Crippen molar-refractivity contribution in [3.8, 4) is 0 Å². The van der Waals surface area contributed by atoms with E-state index in [2.05, 4.69) is 21.2 Å². The third kappa shape index (κ3) is 5.38. The van der Waals surface area contributed by atoms with Crippen LogP contribution in [0.4, 0.5) is 0 Å². The number of carbonyl (C=O) groups excluding carboxylic acids is 1. The van der Waals surface area contributed by atoms with Gasteiger partial charge in [0, 0.05) is 16.0 Å². The van der Waals surface area contributed by atoms with Crippen molar-refractivity contribution in [3.05, 3.63) is 33.3 Å². The van der Waals surface area contributed by atoms with Crippen molar-refractivity contribution in [2.75, 3.05) is 6.54 Å². The van der Waals surface area contributed by atoms with Gasteiger partial charge in [0.15, 0.2) is 0 Å². The average Bonchev–Trinajstić information content (AvgIpc) is 2.31. The van der Waals surface area contributed by atoms with Crippen molar-refractivity contribution in [1.82, 2.24) is 5.32 Å². The van der Waals surface area contributed by atoms with Crippen molar-refractivity contribution in [3.63, 3.8) is 0 Å². The maximum atomic E-state index is 11.7. The van der Waals surface area contributed by atoms with Gasteiger partial charge < -0.3 is 10.4 Å². The lowest BCUT2D eigenvalue weighted by molar-refractivity contribution is -0.120. The number of aliphatic hydroxyl groups excluding tert-OH is 1. The van der Waals surface area contributed by atoms with Crippen LogP contribution in [0, 0.1) is 0 Å². The lowest BCUT2D eigenvalue weighted by Crippen LogP contribution is -2.33. The summed E-state index contributed by atoms with van der Waals surface area (Å²) < 4.78 is 0.819. The lowest BCUT2D eigenvalue weighted by Gasteiger charge is -2.11. The molecular weight excluding hydrogens is 318 g/mol. The van der Waals surface area contributed by atoms with E-state index in [4.69, 9.17) is 11.6 Å². The van der Waals surface area contributed by atoms with Gasteiger partial charge in [0.05, 0.1) is 12.5 Å². The third-order valence-corrected chi connectivity index (χ3v) is 3.50. The van der Waals surface area contributed by atoms with Crippen LogP contribution in [0.1, 0.15) is 25.3 Å². The van der Waals surface area contributed by atoms with Crippen molar-refractivity contribution >= 4 is 33.4 Å². The Hall–Kier alpha value is -0.580. The second-order valence-corrected chi connectivity index (χ2v) is 5.45. The van der Waals surface area contributed by atoms with Crippen LogP contribution in [0.5, 0.6) is 0 Å². The molecule has 0 heterocycles. The molecule has 5 heteroatoms. The molecular formula is C13H17BrClNO2. The molecule has 1 unspecified atom stereocenters. The van der Waals surface area contributed by atoms with Crippen molar-refractivity contribution in [1.29, 1.82) is 0 Å². The van der Waals surface area contributed by atoms with Crippen molar-refractivity contribution < 1.29 is 9.90 Å². The summed E-state index contributed by atoms with van der Waals surface area (Å²) in [4.78, 5) is 11.7. The molecule has 1 aromatic carbocycles. The highest BCUT2D eigenvalue weighted by Gasteiger charge is 2.09. The lowest BCUT2D eigenvalue weighted by atomic mass is 10.1. The molecule has 1 aromatic rings. The number of benzene rings is 1. The van der Waals surface area contributed by atoms with Gasteiger partial charge in [0.25, 0.3) is 0 Å². The summed E-state index contributed by atoms with van der Waals surface area (Å²) in [5.74, 6) is -0.104. The Morgan fingerprint density at radius 3 is 2.89 bits per heavy atom. The van der Waals surface area contributed by atoms with E-state index in [9.17, 15) is 9.90 Å². The minimum absolute atomic E-state index is 0.104. The zero-order valence-electron chi connectivity index (χ0n) is 10.2. The van der Waals surface area contributed by atoms with Crippen LogP contribution in [0.15, 0.2) is 22.7 Å². The van der Waals surface area contributed by atoms with E-state index in [-0.39, 0.29) is 12.3 Å². The number of hydrogen-bond acceptors (Lipinski definition) is 2. The summed E-state index contributed by atoms with van der Waals surface area (Å²) in [5, 5.41) is 12.9. The smallest absolute Gasteiger partial charge is 0.224 e. The van der Waals surface area contributed by atoms with Crippen molar-refractivity contribution in [2.45, 2.75) is 32.3 Å². The standard InChI is InChI=1S/C13H17BrClNO2/c1-2-3-11(17)8-16-13(18)6-9-4-5-10(15)7-12(9)14/h4-5,7,11,17H,2-3,6,8H2,1H3,(H,16,18). The average molecular weight is 335 g/mol. The zero-order valence-corrected chi connectivity index (χ0v) is 12.6. The summed E-state index contributed by atoms with van der Waals surface area (Å²) in [5.41, 5.74) is 0.877. The summed E-state index contributed by atoms with van der Waals surface area (Å²) in [6.45, 7) is 2.30. The molecule has 0 saturated carbocycles. The molecule has 18 heavy (non-hydrogen) atoms. The van der Waals surface area contributed by atoms with E-state index in [1.807, 2.05) is 13.0 Å². The monoisotopic (exact) mass is 333 g/mol. The predicted molar refractivity (Wildman–Crippen MR) is 76.8 cm³/mol. The summed E-state index contributed by atoms with van der Waals surface area (Å²) >= 11 is 9.19. The summed E-state index contributed by atoms with van der Waals surface area (Å²) in [6, 6.07) is 5.32. The van der Waals surface area contributed by atoms with Gasteiger partial charge in [-0.3, -0.25) is 4.79 Å². The first-order chi connectivity index (χ1) is 8.52. The van der Waals surface area contributed by atoms with Gasteiger partial charge in [-0.2, -0.15) is 0 Å². The van der Waals surface area contributed by atoms with Gasteiger partial charge >= 0.3 is 0 Å². The molecule has 0 aliphatic carbocycles. The van der Waals surface area contributed by atoms with Gasteiger partial charge in [0.2, 0.25) is 5.91 Å². The Bertz CT molecular complexity index is 412. The van der Waals surface area contributed by atoms with Crippen LogP contribution in [0.2, 0.25) is 5.02 Å². The Labute approximate surface area is 121 Å². The minimum atomic E-state index is -0.465. The summed E-state index contributed by atoms with van der Waals surface area (Å²) in [6.07, 6.45) is 1.41. The topological polar surface area (TPSA) is 49.3 Å². The normalized spacial score (nSPS) is 12.2.